The van der Waals surface area contributed by atoms with Crippen molar-refractivity contribution in [2.45, 2.75) is 26.3 Å². The van der Waals surface area contributed by atoms with E-state index in [1.165, 1.54) is 11.8 Å². The van der Waals surface area contributed by atoms with Gasteiger partial charge in [-0.3, -0.25) is 4.79 Å². The van der Waals surface area contributed by atoms with Crippen LogP contribution in [-0.4, -0.2) is 35.0 Å². The zero-order valence-electron chi connectivity index (χ0n) is 18.4. The van der Waals surface area contributed by atoms with E-state index in [1.54, 1.807) is 25.5 Å². The van der Waals surface area contributed by atoms with Crippen LogP contribution in [0.3, 0.4) is 0 Å². The largest absolute Gasteiger partial charge is 0.480 e. The maximum Gasteiger partial charge on any atom is 0.340 e. The lowest BCUT2D eigenvalue weighted by Crippen LogP contribution is -2.43. The van der Waals surface area contributed by atoms with Crippen LogP contribution in [0.2, 0.25) is 0 Å². The van der Waals surface area contributed by atoms with Gasteiger partial charge in [0.25, 0.3) is 0 Å². The molecule has 4 aromatic rings. The molecule has 33 heavy (non-hydrogen) atoms. The van der Waals surface area contributed by atoms with Crippen LogP contribution in [0.5, 0.6) is 0 Å². The third kappa shape index (κ3) is 4.52. The molecule has 0 aliphatic carbocycles. The van der Waals surface area contributed by atoms with E-state index < -0.39 is 23.5 Å². The van der Waals surface area contributed by atoms with E-state index in [4.69, 9.17) is 8.83 Å². The van der Waals surface area contributed by atoms with Crippen LogP contribution in [0.25, 0.3) is 33.1 Å². The van der Waals surface area contributed by atoms with Crippen molar-refractivity contribution >= 4 is 45.6 Å². The number of rotatable bonds is 7. The van der Waals surface area contributed by atoms with Gasteiger partial charge in [0.15, 0.2) is 0 Å². The van der Waals surface area contributed by atoms with Crippen molar-refractivity contribution in [3.05, 3.63) is 69.8 Å². The van der Waals surface area contributed by atoms with Gasteiger partial charge >= 0.3 is 11.6 Å². The molecule has 170 valence electrons. The first-order chi connectivity index (χ1) is 15.8. The van der Waals surface area contributed by atoms with Crippen molar-refractivity contribution in [3.8, 4) is 11.1 Å². The van der Waals surface area contributed by atoms with Gasteiger partial charge in [0.05, 0.1) is 18.2 Å². The molecule has 0 spiro atoms. The number of carbonyl (C=O) groups excluding carboxylic acids is 1. The molecule has 4 rings (SSSR count). The van der Waals surface area contributed by atoms with Crippen molar-refractivity contribution in [3.63, 3.8) is 0 Å². The molecule has 0 radical (unpaired) electrons. The maximum absolute atomic E-state index is 12.6. The minimum absolute atomic E-state index is 0.202. The Labute approximate surface area is 193 Å². The van der Waals surface area contributed by atoms with Gasteiger partial charge in [-0.1, -0.05) is 29.8 Å². The molecule has 0 aliphatic rings. The first kappa shape index (κ1) is 22.7. The standard InChI is InChI=1S/C25H23NO6S/c1-13-4-6-15(7-5-13)19-11-31-21-10-22-16(8-18(19)21)14(2)17(25(30)32-22)9-23(27)26-20(12-33-3)24(28)29/h4-8,10-11,20H,9,12H2,1-3H3,(H,26,27)(H,28,29). The van der Waals surface area contributed by atoms with Crippen molar-refractivity contribution in [1.82, 2.24) is 5.32 Å². The van der Waals surface area contributed by atoms with Gasteiger partial charge in [-0.15, -0.1) is 0 Å². The second kappa shape index (κ2) is 9.15. The second-order valence-electron chi connectivity index (χ2n) is 7.94. The zero-order chi connectivity index (χ0) is 23.7. The zero-order valence-corrected chi connectivity index (χ0v) is 19.2. The van der Waals surface area contributed by atoms with Crippen LogP contribution in [0.15, 0.2) is 56.3 Å². The summed E-state index contributed by atoms with van der Waals surface area (Å²) in [5.41, 5.74) is 4.22. The van der Waals surface area contributed by atoms with Crippen molar-refractivity contribution < 1.29 is 23.5 Å². The molecule has 2 N–H and O–H groups in total. The maximum atomic E-state index is 12.6. The molecule has 1 amide bonds. The number of hydrogen-bond acceptors (Lipinski definition) is 6. The molecule has 0 saturated carbocycles. The molecule has 2 aromatic carbocycles. The van der Waals surface area contributed by atoms with E-state index in [0.29, 0.717) is 22.1 Å². The molecule has 1 unspecified atom stereocenters. The minimum Gasteiger partial charge on any atom is -0.480 e. The van der Waals surface area contributed by atoms with Gasteiger partial charge in [-0.05, 0) is 37.3 Å². The number of amides is 1. The summed E-state index contributed by atoms with van der Waals surface area (Å²) in [4.78, 5) is 36.5. The molecule has 2 aromatic heterocycles. The topological polar surface area (TPSA) is 110 Å². The number of carboxylic acid groups (broad SMARTS) is 1. The van der Waals surface area contributed by atoms with Gasteiger partial charge in [-0.25, -0.2) is 9.59 Å². The highest BCUT2D eigenvalue weighted by Gasteiger charge is 2.22. The Balaban J connectivity index is 1.74. The minimum atomic E-state index is -1.12. The Morgan fingerprint density at radius 3 is 2.48 bits per heavy atom. The Morgan fingerprint density at radius 1 is 1.09 bits per heavy atom. The Bertz CT molecular complexity index is 1420. The van der Waals surface area contributed by atoms with E-state index in [9.17, 15) is 19.5 Å². The number of aliphatic carboxylic acids is 1. The normalized spacial score (nSPS) is 12.2. The Kier molecular flexibility index (Phi) is 6.29. The molecule has 2 heterocycles. The molecule has 7 nitrogen and oxygen atoms in total. The first-order valence-electron chi connectivity index (χ1n) is 10.3. The van der Waals surface area contributed by atoms with Crippen LogP contribution >= 0.6 is 11.8 Å². The fraction of sp³-hybridized carbons (Fsp3) is 0.240. The van der Waals surface area contributed by atoms with Crippen LogP contribution in [0, 0.1) is 13.8 Å². The monoisotopic (exact) mass is 465 g/mol. The highest BCUT2D eigenvalue weighted by molar-refractivity contribution is 7.98. The summed E-state index contributed by atoms with van der Waals surface area (Å²) in [7, 11) is 0. The summed E-state index contributed by atoms with van der Waals surface area (Å²) >= 11 is 1.31. The number of aryl methyl sites for hydroxylation is 2. The molecular formula is C25H23NO6S. The first-order valence-corrected chi connectivity index (χ1v) is 11.7. The lowest BCUT2D eigenvalue weighted by Gasteiger charge is -2.14. The predicted molar refractivity (Wildman–Crippen MR) is 129 cm³/mol. The third-order valence-corrected chi connectivity index (χ3v) is 6.31. The van der Waals surface area contributed by atoms with Crippen LogP contribution in [-0.2, 0) is 16.0 Å². The number of carboxylic acids is 1. The van der Waals surface area contributed by atoms with Crippen molar-refractivity contribution in [2.24, 2.45) is 0 Å². The summed E-state index contributed by atoms with van der Waals surface area (Å²) in [5.74, 6) is -1.44. The summed E-state index contributed by atoms with van der Waals surface area (Å²) < 4.78 is 11.2. The quantitative estimate of drug-likeness (QED) is 0.392. The molecular weight excluding hydrogens is 442 g/mol. The number of benzene rings is 2. The number of furan rings is 1. The molecule has 0 fully saturated rings. The van der Waals surface area contributed by atoms with Crippen molar-refractivity contribution in [2.75, 3.05) is 12.0 Å². The summed E-state index contributed by atoms with van der Waals surface area (Å²) in [6.45, 7) is 3.78. The molecule has 0 aliphatic heterocycles. The molecule has 0 bridgehead atoms. The van der Waals surface area contributed by atoms with Gasteiger partial charge in [-0.2, -0.15) is 11.8 Å². The second-order valence-corrected chi connectivity index (χ2v) is 8.85. The highest BCUT2D eigenvalue weighted by atomic mass is 32.2. The Hall–Kier alpha value is -3.52. The number of carbonyl (C=O) groups is 2. The smallest absolute Gasteiger partial charge is 0.340 e. The highest BCUT2D eigenvalue weighted by Crippen LogP contribution is 2.34. The fourth-order valence-corrected chi connectivity index (χ4v) is 4.38. The van der Waals surface area contributed by atoms with Gasteiger partial charge in [0.1, 0.15) is 17.2 Å². The molecule has 8 heteroatoms. The van der Waals surface area contributed by atoms with Crippen LogP contribution in [0.4, 0.5) is 0 Å². The number of fused-ring (bicyclic) bond motifs is 2. The van der Waals surface area contributed by atoms with E-state index in [0.717, 1.165) is 22.1 Å². The van der Waals surface area contributed by atoms with Gasteiger partial charge in [0.2, 0.25) is 5.91 Å². The van der Waals surface area contributed by atoms with Gasteiger partial charge in [0, 0.05) is 28.2 Å². The van der Waals surface area contributed by atoms with Crippen molar-refractivity contribution in [1.29, 1.82) is 0 Å². The average molecular weight is 466 g/mol. The van der Waals surface area contributed by atoms with E-state index in [1.807, 2.05) is 37.3 Å². The van der Waals surface area contributed by atoms with Gasteiger partial charge < -0.3 is 19.3 Å². The summed E-state index contributed by atoms with van der Waals surface area (Å²) in [6, 6.07) is 10.6. The number of nitrogens with one attached hydrogen (secondary N) is 1. The van der Waals surface area contributed by atoms with E-state index in [-0.39, 0.29) is 17.7 Å². The third-order valence-electron chi connectivity index (χ3n) is 5.65. The lowest BCUT2D eigenvalue weighted by atomic mass is 9.99. The summed E-state index contributed by atoms with van der Waals surface area (Å²) in [6.07, 6.45) is 3.16. The summed E-state index contributed by atoms with van der Waals surface area (Å²) in [5, 5.41) is 13.3. The van der Waals surface area contributed by atoms with E-state index in [2.05, 4.69) is 5.32 Å². The molecule has 1 atom stereocenters. The number of hydrogen-bond donors (Lipinski definition) is 2. The Morgan fingerprint density at radius 2 is 1.82 bits per heavy atom. The SMILES string of the molecule is CSCC(NC(=O)Cc1c(C)c2cc3c(-c4ccc(C)cc4)coc3cc2oc1=O)C(=O)O. The number of thioether (sulfide) groups is 1. The van der Waals surface area contributed by atoms with Crippen LogP contribution < -0.4 is 10.9 Å². The molecule has 0 saturated heterocycles. The van der Waals surface area contributed by atoms with Crippen LogP contribution in [0.1, 0.15) is 16.7 Å². The predicted octanol–water partition coefficient (Wildman–Crippen LogP) is 4.30. The van der Waals surface area contributed by atoms with E-state index >= 15 is 0 Å². The average Bonchev–Trinajstić information content (AvgIpc) is 3.18. The fourth-order valence-electron chi connectivity index (χ4n) is 3.82. The lowest BCUT2D eigenvalue weighted by molar-refractivity contribution is -0.141.